The second kappa shape index (κ2) is 6.88. The highest BCUT2D eigenvalue weighted by Gasteiger charge is 2.22. The van der Waals surface area contributed by atoms with E-state index in [9.17, 15) is 10.1 Å². The van der Waals surface area contributed by atoms with Gasteiger partial charge in [-0.1, -0.05) is 0 Å². The number of ether oxygens (including phenoxy) is 2. The normalized spacial score (nSPS) is 11.4. The van der Waals surface area contributed by atoms with Crippen molar-refractivity contribution in [1.29, 1.82) is 5.26 Å². The molecule has 120 valence electrons. The second-order valence-electron chi connectivity index (χ2n) is 5.01. The number of furan rings is 1. The van der Waals surface area contributed by atoms with Gasteiger partial charge in [-0.2, -0.15) is 5.26 Å². The highest BCUT2D eigenvalue weighted by atomic mass is 16.5. The smallest absolute Gasteiger partial charge is 0.288 e. The lowest BCUT2D eigenvalue weighted by atomic mass is 10.1. The van der Waals surface area contributed by atoms with Crippen molar-refractivity contribution in [1.82, 2.24) is 5.32 Å². The van der Waals surface area contributed by atoms with Gasteiger partial charge in [-0.3, -0.25) is 4.79 Å². The Morgan fingerprint density at radius 3 is 2.52 bits per heavy atom. The summed E-state index contributed by atoms with van der Waals surface area (Å²) in [4.78, 5) is 12.3. The molecule has 2 aromatic rings. The average Bonchev–Trinajstić information content (AvgIpc) is 2.90. The molecule has 0 saturated carbocycles. The third-order valence-electron chi connectivity index (χ3n) is 3.40. The van der Waals surface area contributed by atoms with Crippen molar-refractivity contribution in [3.63, 3.8) is 0 Å². The van der Waals surface area contributed by atoms with Crippen LogP contribution in [0.3, 0.4) is 0 Å². The molecule has 1 aromatic heterocycles. The van der Waals surface area contributed by atoms with Crippen LogP contribution in [0.15, 0.2) is 28.7 Å². The number of carbonyl (C=O) groups excluding carboxylic acids is 1. The van der Waals surface area contributed by atoms with Gasteiger partial charge in [0.25, 0.3) is 5.91 Å². The molecule has 0 bridgehead atoms. The zero-order chi connectivity index (χ0) is 17.0. The number of aryl methyl sites for hydroxylation is 2. The molecule has 0 radical (unpaired) electrons. The van der Waals surface area contributed by atoms with Crippen LogP contribution < -0.4 is 14.8 Å². The summed E-state index contributed by atoms with van der Waals surface area (Å²) < 4.78 is 15.8. The third-order valence-corrected chi connectivity index (χ3v) is 3.40. The summed E-state index contributed by atoms with van der Waals surface area (Å²) in [7, 11) is 3.04. The fraction of sp³-hybridized carbons (Fsp3) is 0.294. The number of amides is 1. The van der Waals surface area contributed by atoms with E-state index in [1.54, 1.807) is 45.2 Å². The number of nitrogens with zero attached hydrogens (tertiary/aromatic N) is 1. The number of hydrogen-bond donors (Lipinski definition) is 1. The molecule has 6 heteroatoms. The molecule has 0 unspecified atom stereocenters. The van der Waals surface area contributed by atoms with Crippen molar-refractivity contribution in [2.45, 2.75) is 19.9 Å². The molecule has 1 amide bonds. The molecule has 1 N–H and O–H groups in total. The average molecular weight is 314 g/mol. The lowest BCUT2D eigenvalue weighted by Gasteiger charge is -2.15. The highest BCUT2D eigenvalue weighted by Crippen LogP contribution is 2.29. The molecule has 0 aliphatic heterocycles. The molecule has 0 fully saturated rings. The van der Waals surface area contributed by atoms with Crippen LogP contribution in [0.2, 0.25) is 0 Å². The Balaban J connectivity index is 2.29. The highest BCUT2D eigenvalue weighted by molar-refractivity contribution is 5.93. The van der Waals surface area contributed by atoms with E-state index in [0.29, 0.717) is 22.8 Å². The second-order valence-corrected chi connectivity index (χ2v) is 5.01. The van der Waals surface area contributed by atoms with Gasteiger partial charge >= 0.3 is 0 Å². The number of rotatable bonds is 5. The molecule has 2 rings (SSSR count). The van der Waals surface area contributed by atoms with E-state index in [2.05, 4.69) is 11.4 Å². The Kier molecular flexibility index (Phi) is 4.91. The monoisotopic (exact) mass is 314 g/mol. The van der Waals surface area contributed by atoms with Gasteiger partial charge in [0.15, 0.2) is 5.76 Å². The van der Waals surface area contributed by atoms with Gasteiger partial charge < -0.3 is 19.2 Å². The lowest BCUT2D eigenvalue weighted by molar-refractivity contribution is 0.0914. The van der Waals surface area contributed by atoms with Crippen LogP contribution in [-0.4, -0.2) is 20.1 Å². The molecule has 1 atom stereocenters. The van der Waals surface area contributed by atoms with Gasteiger partial charge in [-0.25, -0.2) is 0 Å². The Hall–Kier alpha value is -2.94. The summed E-state index contributed by atoms with van der Waals surface area (Å²) in [5.74, 6) is 1.47. The third kappa shape index (κ3) is 3.46. The Morgan fingerprint density at radius 1 is 1.26 bits per heavy atom. The van der Waals surface area contributed by atoms with Crippen LogP contribution >= 0.6 is 0 Å². The first-order chi connectivity index (χ1) is 11.0. The molecule has 0 saturated heterocycles. The van der Waals surface area contributed by atoms with Gasteiger partial charge in [0.05, 0.1) is 20.3 Å². The van der Waals surface area contributed by atoms with E-state index in [0.717, 1.165) is 5.56 Å². The van der Waals surface area contributed by atoms with Crippen LogP contribution in [0.25, 0.3) is 0 Å². The predicted molar refractivity (Wildman–Crippen MR) is 83.5 cm³/mol. The van der Waals surface area contributed by atoms with Crippen molar-refractivity contribution in [3.05, 3.63) is 46.9 Å². The largest absolute Gasteiger partial charge is 0.497 e. The summed E-state index contributed by atoms with van der Waals surface area (Å²) in [5.41, 5.74) is 1.27. The molecular formula is C17H18N2O4. The summed E-state index contributed by atoms with van der Waals surface area (Å²) in [6.07, 6.45) is 0. The minimum atomic E-state index is -0.867. The molecule has 1 heterocycles. The number of nitrogens with one attached hydrogen (secondary N) is 1. The molecule has 1 aromatic carbocycles. The van der Waals surface area contributed by atoms with Crippen LogP contribution in [-0.2, 0) is 0 Å². The van der Waals surface area contributed by atoms with Gasteiger partial charge in [-0.15, -0.1) is 0 Å². The zero-order valence-corrected chi connectivity index (χ0v) is 13.5. The van der Waals surface area contributed by atoms with E-state index in [4.69, 9.17) is 13.9 Å². The van der Waals surface area contributed by atoms with Gasteiger partial charge in [0.2, 0.25) is 0 Å². The summed E-state index contributed by atoms with van der Waals surface area (Å²) in [6.45, 7) is 3.54. The van der Waals surface area contributed by atoms with Crippen molar-refractivity contribution >= 4 is 5.91 Å². The summed E-state index contributed by atoms with van der Waals surface area (Å²) >= 11 is 0. The SMILES string of the molecule is COc1ccc([C@H](C#N)NC(=O)c2oc(C)cc2C)c(OC)c1. The van der Waals surface area contributed by atoms with E-state index in [1.165, 1.54) is 7.11 Å². The first-order valence-corrected chi connectivity index (χ1v) is 6.99. The fourth-order valence-corrected chi connectivity index (χ4v) is 2.30. The maximum atomic E-state index is 12.3. The van der Waals surface area contributed by atoms with Crippen LogP contribution in [0, 0.1) is 25.2 Å². The van der Waals surface area contributed by atoms with E-state index >= 15 is 0 Å². The van der Waals surface area contributed by atoms with Gasteiger partial charge in [0, 0.05) is 17.2 Å². The Labute approximate surface area is 134 Å². The maximum absolute atomic E-state index is 12.3. The minimum absolute atomic E-state index is 0.204. The van der Waals surface area contributed by atoms with E-state index < -0.39 is 11.9 Å². The van der Waals surface area contributed by atoms with Crippen LogP contribution in [0.1, 0.15) is 33.5 Å². The maximum Gasteiger partial charge on any atom is 0.288 e. The molecular weight excluding hydrogens is 296 g/mol. The van der Waals surface area contributed by atoms with Crippen LogP contribution in [0.5, 0.6) is 11.5 Å². The minimum Gasteiger partial charge on any atom is -0.497 e. The van der Waals surface area contributed by atoms with Crippen molar-refractivity contribution in [3.8, 4) is 17.6 Å². The summed E-state index contributed by atoms with van der Waals surface area (Å²) in [5, 5.41) is 12.1. The predicted octanol–water partition coefficient (Wildman–Crippen LogP) is 2.91. The van der Waals surface area contributed by atoms with E-state index in [1.807, 2.05) is 0 Å². The summed E-state index contributed by atoms with van der Waals surface area (Å²) in [6, 6.07) is 8.02. The standard InChI is InChI=1S/C17H18N2O4/c1-10-7-11(2)23-16(10)17(20)19-14(9-18)13-6-5-12(21-3)8-15(13)22-4/h5-8,14H,1-4H3,(H,19,20)/t14-/m0/s1. The quantitative estimate of drug-likeness (QED) is 0.917. The lowest BCUT2D eigenvalue weighted by Crippen LogP contribution is -2.28. The van der Waals surface area contributed by atoms with Crippen LogP contribution in [0.4, 0.5) is 0 Å². The fourth-order valence-electron chi connectivity index (χ4n) is 2.30. The van der Waals surface area contributed by atoms with Crippen molar-refractivity contribution < 1.29 is 18.7 Å². The number of methoxy groups -OCH3 is 2. The van der Waals surface area contributed by atoms with Crippen molar-refractivity contribution in [2.75, 3.05) is 14.2 Å². The molecule has 0 aliphatic carbocycles. The van der Waals surface area contributed by atoms with Gasteiger partial charge in [-0.05, 0) is 32.0 Å². The first-order valence-electron chi connectivity index (χ1n) is 6.99. The van der Waals surface area contributed by atoms with Crippen molar-refractivity contribution in [2.24, 2.45) is 0 Å². The number of hydrogen-bond acceptors (Lipinski definition) is 5. The Bertz CT molecular complexity index is 758. The Morgan fingerprint density at radius 2 is 2.00 bits per heavy atom. The number of nitriles is 1. The van der Waals surface area contributed by atoms with E-state index in [-0.39, 0.29) is 5.76 Å². The first kappa shape index (κ1) is 16.4. The number of benzene rings is 1. The van der Waals surface area contributed by atoms with Gasteiger partial charge in [0.1, 0.15) is 23.3 Å². The molecule has 0 aliphatic rings. The molecule has 0 spiro atoms. The number of carbonyl (C=O) groups is 1. The topological polar surface area (TPSA) is 84.5 Å². The zero-order valence-electron chi connectivity index (χ0n) is 13.5. The molecule has 6 nitrogen and oxygen atoms in total. The molecule has 23 heavy (non-hydrogen) atoms.